The summed E-state index contributed by atoms with van der Waals surface area (Å²) in [7, 11) is 0. The summed E-state index contributed by atoms with van der Waals surface area (Å²) in [6.45, 7) is 1.62. The maximum Gasteiger partial charge on any atom is 0.166 e. The maximum absolute atomic E-state index is 11.1. The fourth-order valence-corrected chi connectivity index (χ4v) is 3.24. The van der Waals surface area contributed by atoms with Crippen molar-refractivity contribution >= 4 is 17.5 Å². The first-order valence-electron chi connectivity index (χ1n) is 7.57. The van der Waals surface area contributed by atoms with Crippen LogP contribution in [0.5, 0.6) is 0 Å². The number of nitrogens with one attached hydrogen (secondary N) is 1. The van der Waals surface area contributed by atoms with Gasteiger partial charge in [0.05, 0.1) is 11.4 Å². The van der Waals surface area contributed by atoms with Crippen LogP contribution in [-0.4, -0.2) is 21.5 Å². The molecule has 0 aliphatic heterocycles. The van der Waals surface area contributed by atoms with Crippen molar-refractivity contribution in [3.63, 3.8) is 0 Å². The Hall–Kier alpha value is -2.33. The second-order valence-corrected chi connectivity index (χ2v) is 6.38. The summed E-state index contributed by atoms with van der Waals surface area (Å²) in [4.78, 5) is 19.3. The molecule has 0 aliphatic rings. The minimum absolute atomic E-state index is 0.204. The molecule has 1 heterocycles. The number of carbonyl (C=O) groups is 1. The van der Waals surface area contributed by atoms with Gasteiger partial charge in [-0.3, -0.25) is 4.79 Å². The van der Waals surface area contributed by atoms with Gasteiger partial charge in [0.15, 0.2) is 5.16 Å². The van der Waals surface area contributed by atoms with Crippen molar-refractivity contribution in [1.82, 2.24) is 9.97 Å². The zero-order valence-electron chi connectivity index (χ0n) is 13.0. The summed E-state index contributed by atoms with van der Waals surface area (Å²) < 4.78 is 0. The normalized spacial score (nSPS) is 10.7. The molecule has 3 rings (SSSR count). The van der Waals surface area contributed by atoms with Crippen molar-refractivity contribution in [2.45, 2.75) is 18.5 Å². The third kappa shape index (κ3) is 3.90. The average Bonchev–Trinajstić information content (AvgIpc) is 3.00. The van der Waals surface area contributed by atoms with E-state index in [9.17, 15) is 4.79 Å². The highest BCUT2D eigenvalue weighted by Gasteiger charge is 2.14. The zero-order valence-corrected chi connectivity index (χ0v) is 13.8. The Morgan fingerprint density at radius 1 is 1.00 bits per heavy atom. The lowest BCUT2D eigenvalue weighted by Crippen LogP contribution is -1.91. The summed E-state index contributed by atoms with van der Waals surface area (Å²) in [5, 5.41) is 0.851. The van der Waals surface area contributed by atoms with Crippen LogP contribution in [0.2, 0.25) is 0 Å². The van der Waals surface area contributed by atoms with Crippen molar-refractivity contribution in [2.75, 3.05) is 5.75 Å². The molecule has 0 unspecified atom stereocenters. The summed E-state index contributed by atoms with van der Waals surface area (Å²) >= 11 is 1.59. The maximum atomic E-state index is 11.1. The van der Waals surface area contributed by atoms with Gasteiger partial charge in [-0.05, 0) is 6.92 Å². The van der Waals surface area contributed by atoms with Crippen molar-refractivity contribution in [1.29, 1.82) is 0 Å². The quantitative estimate of drug-likeness (QED) is 0.662. The molecule has 2 aromatic carbocycles. The van der Waals surface area contributed by atoms with Crippen LogP contribution in [0.3, 0.4) is 0 Å². The number of aromatic amines is 1. The monoisotopic (exact) mass is 322 g/mol. The highest BCUT2D eigenvalue weighted by atomic mass is 32.2. The summed E-state index contributed by atoms with van der Waals surface area (Å²) in [6.07, 6.45) is 0.562. The highest BCUT2D eigenvalue weighted by Crippen LogP contribution is 2.32. The van der Waals surface area contributed by atoms with E-state index in [0.29, 0.717) is 6.42 Å². The van der Waals surface area contributed by atoms with Gasteiger partial charge >= 0.3 is 0 Å². The SMILES string of the molecule is CC(=O)CCSc1nc(-c2ccccc2)c(-c2ccccc2)[nH]1. The predicted molar refractivity (Wildman–Crippen MR) is 95.5 cm³/mol. The molecule has 0 atom stereocenters. The van der Waals surface area contributed by atoms with E-state index < -0.39 is 0 Å². The Morgan fingerprint density at radius 3 is 2.22 bits per heavy atom. The van der Waals surface area contributed by atoms with Gasteiger partial charge < -0.3 is 4.98 Å². The number of carbonyl (C=O) groups excluding carboxylic acids is 1. The van der Waals surface area contributed by atoms with E-state index in [0.717, 1.165) is 33.4 Å². The molecule has 1 N–H and O–H groups in total. The van der Waals surface area contributed by atoms with Crippen molar-refractivity contribution < 1.29 is 4.79 Å². The number of rotatable bonds is 6. The van der Waals surface area contributed by atoms with Crippen molar-refractivity contribution in [3.05, 3.63) is 60.7 Å². The Balaban J connectivity index is 1.96. The minimum atomic E-state index is 0.204. The smallest absolute Gasteiger partial charge is 0.166 e. The van der Waals surface area contributed by atoms with E-state index in [1.165, 1.54) is 0 Å². The molecule has 23 heavy (non-hydrogen) atoms. The molecule has 4 heteroatoms. The molecule has 0 saturated heterocycles. The first-order chi connectivity index (χ1) is 11.2. The third-order valence-corrected chi connectivity index (χ3v) is 4.36. The van der Waals surface area contributed by atoms with Crippen molar-refractivity contribution in [2.24, 2.45) is 0 Å². The fourth-order valence-electron chi connectivity index (χ4n) is 2.33. The molecule has 0 aliphatic carbocycles. The van der Waals surface area contributed by atoms with E-state index in [4.69, 9.17) is 4.98 Å². The van der Waals surface area contributed by atoms with Crippen LogP contribution in [0.25, 0.3) is 22.5 Å². The van der Waals surface area contributed by atoms with Gasteiger partial charge in [0.1, 0.15) is 5.78 Å². The van der Waals surface area contributed by atoms with Gasteiger partial charge in [-0.2, -0.15) is 0 Å². The summed E-state index contributed by atoms with van der Waals surface area (Å²) in [5.41, 5.74) is 4.16. The number of hydrogen-bond acceptors (Lipinski definition) is 3. The second-order valence-electron chi connectivity index (χ2n) is 5.30. The predicted octanol–water partition coefficient (Wildman–Crippen LogP) is 4.81. The number of Topliss-reactive ketones (excluding diaryl/α,β-unsaturated/α-hetero) is 1. The molecule has 0 radical (unpaired) electrons. The van der Waals surface area contributed by atoms with Crippen LogP contribution in [0.15, 0.2) is 65.8 Å². The molecular formula is C19H18N2OS. The number of imidazole rings is 1. The Kier molecular flexibility index (Phi) is 4.93. The van der Waals surface area contributed by atoms with Gasteiger partial charge in [0, 0.05) is 23.3 Å². The van der Waals surface area contributed by atoms with Gasteiger partial charge in [0.25, 0.3) is 0 Å². The first kappa shape index (κ1) is 15.6. The average molecular weight is 322 g/mol. The topological polar surface area (TPSA) is 45.8 Å². The fraction of sp³-hybridized carbons (Fsp3) is 0.158. The lowest BCUT2D eigenvalue weighted by molar-refractivity contribution is -0.116. The lowest BCUT2D eigenvalue weighted by atomic mass is 10.1. The zero-order chi connectivity index (χ0) is 16.1. The Morgan fingerprint density at radius 2 is 1.61 bits per heavy atom. The number of aromatic nitrogens is 2. The van der Waals surface area contributed by atoms with Crippen LogP contribution >= 0.6 is 11.8 Å². The van der Waals surface area contributed by atoms with E-state index in [1.54, 1.807) is 18.7 Å². The van der Waals surface area contributed by atoms with E-state index in [2.05, 4.69) is 29.2 Å². The molecule has 3 aromatic rings. The summed E-state index contributed by atoms with van der Waals surface area (Å²) in [5.74, 6) is 0.946. The molecule has 0 saturated carbocycles. The molecule has 0 amide bonds. The van der Waals surface area contributed by atoms with Gasteiger partial charge in [0.2, 0.25) is 0 Å². The standard InChI is InChI=1S/C19H18N2OS/c1-14(22)12-13-23-19-20-17(15-8-4-2-5-9-15)18(21-19)16-10-6-3-7-11-16/h2-11H,12-13H2,1H3,(H,20,21). The van der Waals surface area contributed by atoms with Crippen LogP contribution in [0.1, 0.15) is 13.3 Å². The molecule has 0 spiro atoms. The van der Waals surface area contributed by atoms with Crippen LogP contribution in [0, 0.1) is 0 Å². The number of ketones is 1. The van der Waals surface area contributed by atoms with E-state index in [-0.39, 0.29) is 5.78 Å². The third-order valence-electron chi connectivity index (χ3n) is 3.48. The van der Waals surface area contributed by atoms with Crippen LogP contribution in [-0.2, 0) is 4.79 Å². The molecule has 116 valence electrons. The Bertz CT molecular complexity index is 725. The van der Waals surface area contributed by atoms with E-state index >= 15 is 0 Å². The molecular weight excluding hydrogens is 304 g/mol. The number of benzene rings is 2. The van der Waals surface area contributed by atoms with Gasteiger partial charge in [-0.25, -0.2) is 4.98 Å². The summed E-state index contributed by atoms with van der Waals surface area (Å²) in [6, 6.07) is 20.3. The lowest BCUT2D eigenvalue weighted by Gasteiger charge is -2.02. The number of thioether (sulfide) groups is 1. The van der Waals surface area contributed by atoms with Crippen molar-refractivity contribution in [3.8, 4) is 22.5 Å². The Labute approximate surface area is 140 Å². The van der Waals surface area contributed by atoms with E-state index in [1.807, 2.05) is 36.4 Å². The number of H-pyrrole nitrogens is 1. The molecule has 3 nitrogen and oxygen atoms in total. The highest BCUT2D eigenvalue weighted by molar-refractivity contribution is 7.99. The molecule has 0 fully saturated rings. The van der Waals surface area contributed by atoms with Crippen LogP contribution < -0.4 is 0 Å². The number of hydrogen-bond donors (Lipinski definition) is 1. The van der Waals surface area contributed by atoms with Gasteiger partial charge in [-0.15, -0.1) is 0 Å². The molecule has 0 bridgehead atoms. The van der Waals surface area contributed by atoms with Gasteiger partial charge in [-0.1, -0.05) is 72.4 Å². The minimum Gasteiger partial charge on any atom is -0.332 e. The van der Waals surface area contributed by atoms with Crippen LogP contribution in [0.4, 0.5) is 0 Å². The largest absolute Gasteiger partial charge is 0.332 e. The second kappa shape index (κ2) is 7.29. The first-order valence-corrected chi connectivity index (χ1v) is 8.55. The molecule has 1 aromatic heterocycles. The number of nitrogens with zero attached hydrogens (tertiary/aromatic N) is 1.